The first kappa shape index (κ1) is 24.1. The number of esters is 1. The van der Waals surface area contributed by atoms with Crippen molar-refractivity contribution in [2.75, 3.05) is 26.1 Å². The Morgan fingerprint density at radius 2 is 1.64 bits per heavy atom. The van der Waals surface area contributed by atoms with Gasteiger partial charge in [0.2, 0.25) is 0 Å². The van der Waals surface area contributed by atoms with Crippen molar-refractivity contribution in [1.29, 1.82) is 0 Å². The number of carbonyl (C=O) groups is 2. The molecule has 0 spiro atoms. The molecule has 0 aliphatic carbocycles. The predicted octanol–water partition coefficient (Wildman–Crippen LogP) is 4.95. The Morgan fingerprint density at radius 3 is 2.18 bits per heavy atom. The van der Waals surface area contributed by atoms with Gasteiger partial charge in [0.1, 0.15) is 21.4 Å². The summed E-state index contributed by atoms with van der Waals surface area (Å²) >= 11 is 0.968. The Labute approximate surface area is 191 Å². The van der Waals surface area contributed by atoms with E-state index in [0.29, 0.717) is 33.5 Å². The molecule has 0 aliphatic heterocycles. The number of benzene rings is 2. The first-order valence-electron chi connectivity index (χ1n) is 9.46. The van der Waals surface area contributed by atoms with E-state index in [1.165, 1.54) is 26.4 Å². The third-order valence-corrected chi connectivity index (χ3v) is 5.60. The molecule has 0 aliphatic rings. The van der Waals surface area contributed by atoms with Crippen molar-refractivity contribution in [2.24, 2.45) is 0 Å². The molecule has 7 nitrogen and oxygen atoms in total. The molecule has 0 unspecified atom stereocenters. The molecule has 1 N–H and O–H groups in total. The second-order valence-corrected chi connectivity index (χ2v) is 7.73. The van der Waals surface area contributed by atoms with Crippen LogP contribution in [0.4, 0.5) is 18.9 Å². The number of rotatable bonds is 7. The van der Waals surface area contributed by atoms with E-state index in [9.17, 15) is 22.8 Å². The quantitative estimate of drug-likeness (QED) is 0.482. The maximum Gasteiger partial charge on any atom is 0.416 e. The molecule has 0 bridgehead atoms. The molecule has 0 fully saturated rings. The van der Waals surface area contributed by atoms with Gasteiger partial charge in [0.15, 0.2) is 6.61 Å². The van der Waals surface area contributed by atoms with Crippen LogP contribution in [0, 0.1) is 6.92 Å². The number of hydrogen-bond donors (Lipinski definition) is 1. The summed E-state index contributed by atoms with van der Waals surface area (Å²) in [7, 11) is 2.94. The fraction of sp³-hybridized carbons (Fsp3) is 0.227. The molecule has 2 aromatic carbocycles. The number of methoxy groups -OCH3 is 2. The lowest BCUT2D eigenvalue weighted by Gasteiger charge is -2.10. The Bertz CT molecular complexity index is 1140. The number of ether oxygens (including phenoxy) is 3. The Morgan fingerprint density at radius 1 is 1.03 bits per heavy atom. The number of hydrogen-bond acceptors (Lipinski definition) is 7. The largest absolute Gasteiger partial charge is 0.497 e. The summed E-state index contributed by atoms with van der Waals surface area (Å²) in [6.07, 6.45) is -4.44. The van der Waals surface area contributed by atoms with E-state index < -0.39 is 30.2 Å². The third-order valence-electron chi connectivity index (χ3n) is 4.41. The number of anilines is 1. The lowest BCUT2D eigenvalue weighted by Crippen LogP contribution is -2.21. The van der Waals surface area contributed by atoms with Crippen molar-refractivity contribution in [3.63, 3.8) is 0 Å². The maximum atomic E-state index is 12.7. The van der Waals surface area contributed by atoms with Gasteiger partial charge in [0, 0.05) is 29.4 Å². The number of aromatic nitrogens is 1. The van der Waals surface area contributed by atoms with Crippen molar-refractivity contribution in [3.05, 3.63) is 58.6 Å². The normalized spacial score (nSPS) is 11.1. The summed E-state index contributed by atoms with van der Waals surface area (Å²) in [5.41, 5.74) is 0.391. The van der Waals surface area contributed by atoms with Crippen molar-refractivity contribution >= 4 is 28.9 Å². The lowest BCUT2D eigenvalue weighted by molar-refractivity contribution is -0.137. The van der Waals surface area contributed by atoms with Crippen molar-refractivity contribution in [3.8, 4) is 22.1 Å². The first-order valence-corrected chi connectivity index (χ1v) is 10.3. The van der Waals surface area contributed by atoms with Crippen LogP contribution in [0.25, 0.3) is 10.6 Å². The van der Waals surface area contributed by atoms with Crippen LogP contribution in [0.3, 0.4) is 0 Å². The monoisotopic (exact) mass is 480 g/mol. The van der Waals surface area contributed by atoms with Crippen LogP contribution in [-0.4, -0.2) is 37.7 Å². The standard InChI is InChI=1S/C22H19F3N2O5S/c1-12-19(33-20(26-12)13-4-6-14(7-5-13)22(23,24)25)21(29)32-11-18(28)27-15-8-16(30-2)10-17(9-15)31-3/h4-10H,11H2,1-3H3,(H,27,28). The average molecular weight is 480 g/mol. The number of thiazole rings is 1. The van der Waals surface area contributed by atoms with Crippen LogP contribution in [-0.2, 0) is 15.7 Å². The fourth-order valence-corrected chi connectivity index (χ4v) is 3.75. The van der Waals surface area contributed by atoms with E-state index in [1.54, 1.807) is 25.1 Å². The van der Waals surface area contributed by atoms with Crippen LogP contribution < -0.4 is 14.8 Å². The molecule has 11 heteroatoms. The predicted molar refractivity (Wildman–Crippen MR) is 116 cm³/mol. The summed E-state index contributed by atoms with van der Waals surface area (Å²) in [4.78, 5) is 29.0. The highest BCUT2D eigenvalue weighted by Gasteiger charge is 2.30. The van der Waals surface area contributed by atoms with Gasteiger partial charge in [-0.3, -0.25) is 4.79 Å². The molecule has 0 saturated heterocycles. The van der Waals surface area contributed by atoms with E-state index in [0.717, 1.165) is 23.5 Å². The van der Waals surface area contributed by atoms with Crippen LogP contribution in [0.15, 0.2) is 42.5 Å². The zero-order chi connectivity index (χ0) is 24.2. The van der Waals surface area contributed by atoms with Gasteiger partial charge >= 0.3 is 12.1 Å². The number of halogens is 3. The average Bonchev–Trinajstić information content (AvgIpc) is 3.18. The van der Waals surface area contributed by atoms with Gasteiger partial charge in [0.05, 0.1) is 25.5 Å². The van der Waals surface area contributed by atoms with Crippen LogP contribution in [0.5, 0.6) is 11.5 Å². The molecule has 1 aromatic heterocycles. The Balaban J connectivity index is 1.64. The zero-order valence-electron chi connectivity index (χ0n) is 17.8. The van der Waals surface area contributed by atoms with Gasteiger partial charge < -0.3 is 19.5 Å². The summed E-state index contributed by atoms with van der Waals surface area (Å²) in [5, 5.41) is 2.94. The summed E-state index contributed by atoms with van der Waals surface area (Å²) in [6, 6.07) is 9.25. The smallest absolute Gasteiger partial charge is 0.416 e. The van der Waals surface area contributed by atoms with Crippen LogP contribution in [0.1, 0.15) is 20.9 Å². The number of aryl methyl sites for hydroxylation is 1. The van der Waals surface area contributed by atoms with Gasteiger partial charge in [-0.2, -0.15) is 13.2 Å². The highest BCUT2D eigenvalue weighted by atomic mass is 32.1. The zero-order valence-corrected chi connectivity index (χ0v) is 18.6. The molecule has 33 heavy (non-hydrogen) atoms. The molecular formula is C22H19F3N2O5S. The summed E-state index contributed by atoms with van der Waals surface area (Å²) in [5.74, 6) is -0.402. The van der Waals surface area contributed by atoms with Gasteiger partial charge in [-0.05, 0) is 19.1 Å². The topological polar surface area (TPSA) is 86.8 Å². The van der Waals surface area contributed by atoms with E-state index in [1.807, 2.05) is 0 Å². The highest BCUT2D eigenvalue weighted by molar-refractivity contribution is 7.17. The minimum atomic E-state index is -4.44. The van der Waals surface area contributed by atoms with E-state index in [4.69, 9.17) is 14.2 Å². The van der Waals surface area contributed by atoms with Gasteiger partial charge in [0.25, 0.3) is 5.91 Å². The number of amides is 1. The molecule has 1 amide bonds. The maximum absolute atomic E-state index is 12.7. The number of carbonyl (C=O) groups excluding carboxylic acids is 2. The Kier molecular flexibility index (Phi) is 7.22. The molecule has 0 saturated carbocycles. The molecule has 0 atom stereocenters. The van der Waals surface area contributed by atoms with E-state index in [-0.39, 0.29) is 4.88 Å². The summed E-state index contributed by atoms with van der Waals surface area (Å²) < 4.78 is 53.6. The summed E-state index contributed by atoms with van der Waals surface area (Å²) in [6.45, 7) is 1.02. The van der Waals surface area contributed by atoms with Crippen LogP contribution >= 0.6 is 11.3 Å². The van der Waals surface area contributed by atoms with Gasteiger partial charge in [-0.25, -0.2) is 9.78 Å². The second-order valence-electron chi connectivity index (χ2n) is 6.73. The van der Waals surface area contributed by atoms with Gasteiger partial charge in [-0.1, -0.05) is 12.1 Å². The SMILES string of the molecule is COc1cc(NC(=O)COC(=O)c2sc(-c3ccc(C(F)(F)F)cc3)nc2C)cc(OC)c1. The van der Waals surface area contributed by atoms with E-state index in [2.05, 4.69) is 10.3 Å². The highest BCUT2D eigenvalue weighted by Crippen LogP contribution is 2.33. The molecule has 3 rings (SSSR count). The molecule has 174 valence electrons. The molecule has 1 heterocycles. The molecular weight excluding hydrogens is 461 g/mol. The Hall–Kier alpha value is -3.60. The first-order chi connectivity index (χ1) is 15.6. The lowest BCUT2D eigenvalue weighted by atomic mass is 10.1. The minimum Gasteiger partial charge on any atom is -0.497 e. The van der Waals surface area contributed by atoms with Crippen molar-refractivity contribution < 1.29 is 37.0 Å². The number of nitrogens with zero attached hydrogens (tertiary/aromatic N) is 1. The van der Waals surface area contributed by atoms with Crippen LogP contribution in [0.2, 0.25) is 0 Å². The van der Waals surface area contributed by atoms with E-state index >= 15 is 0 Å². The van der Waals surface area contributed by atoms with Gasteiger partial charge in [-0.15, -0.1) is 11.3 Å². The second kappa shape index (κ2) is 9.90. The number of alkyl halides is 3. The third kappa shape index (κ3) is 6.01. The molecule has 3 aromatic rings. The molecule has 0 radical (unpaired) electrons. The van der Waals surface area contributed by atoms with Crippen molar-refractivity contribution in [1.82, 2.24) is 4.98 Å². The number of nitrogens with one attached hydrogen (secondary N) is 1. The van der Waals surface area contributed by atoms with Crippen molar-refractivity contribution in [2.45, 2.75) is 13.1 Å². The fourth-order valence-electron chi connectivity index (χ4n) is 2.78. The minimum absolute atomic E-state index is 0.153.